The largest absolute Gasteiger partial charge is 0.368 e. The SMILES string of the molecule is N#Cc1ccc(NC(=O)N2CCN(c3ccc(Cl)c(Cl)c3)CC2)cc1. The molecular weight excluding hydrogens is 359 g/mol. The van der Waals surface area contributed by atoms with Crippen LogP contribution in [-0.4, -0.2) is 37.1 Å². The fourth-order valence-corrected chi connectivity index (χ4v) is 2.97. The van der Waals surface area contributed by atoms with E-state index in [4.69, 9.17) is 28.5 Å². The van der Waals surface area contributed by atoms with Gasteiger partial charge in [0.2, 0.25) is 0 Å². The molecule has 2 aromatic rings. The summed E-state index contributed by atoms with van der Waals surface area (Å²) in [4.78, 5) is 16.3. The minimum absolute atomic E-state index is 0.140. The number of amides is 2. The number of halogens is 2. The molecule has 1 aliphatic rings. The molecule has 0 spiro atoms. The van der Waals surface area contributed by atoms with Crippen molar-refractivity contribution in [2.45, 2.75) is 0 Å². The van der Waals surface area contributed by atoms with E-state index in [9.17, 15) is 4.79 Å². The van der Waals surface area contributed by atoms with Crippen LogP contribution in [0.1, 0.15) is 5.56 Å². The summed E-state index contributed by atoms with van der Waals surface area (Å²) >= 11 is 12.0. The number of carbonyl (C=O) groups is 1. The van der Waals surface area contributed by atoms with Gasteiger partial charge in [-0.25, -0.2) is 4.79 Å². The Balaban J connectivity index is 1.56. The van der Waals surface area contributed by atoms with Crippen molar-refractivity contribution in [2.24, 2.45) is 0 Å². The number of benzene rings is 2. The van der Waals surface area contributed by atoms with E-state index in [0.29, 0.717) is 34.4 Å². The summed E-state index contributed by atoms with van der Waals surface area (Å²) in [6.45, 7) is 2.67. The molecule has 0 unspecified atom stereocenters. The van der Waals surface area contributed by atoms with E-state index in [2.05, 4.69) is 16.3 Å². The minimum atomic E-state index is -0.140. The number of nitrogens with zero attached hydrogens (tertiary/aromatic N) is 3. The summed E-state index contributed by atoms with van der Waals surface area (Å²) in [5.41, 5.74) is 2.24. The zero-order valence-corrected chi connectivity index (χ0v) is 14.9. The molecule has 0 aromatic heterocycles. The smallest absolute Gasteiger partial charge is 0.321 e. The Morgan fingerprint density at radius 2 is 1.68 bits per heavy atom. The standard InChI is InChI=1S/C18H16Cl2N4O/c19-16-6-5-15(11-17(16)20)23-7-9-24(10-8-23)18(25)22-14-3-1-13(12-21)2-4-14/h1-6,11H,7-10H2,(H,22,25). The van der Waals surface area contributed by atoms with Crippen molar-refractivity contribution in [3.63, 3.8) is 0 Å². The zero-order valence-electron chi connectivity index (χ0n) is 13.4. The third-order valence-electron chi connectivity index (χ3n) is 4.10. The van der Waals surface area contributed by atoms with Gasteiger partial charge in [-0.15, -0.1) is 0 Å². The lowest BCUT2D eigenvalue weighted by Gasteiger charge is -2.36. The van der Waals surface area contributed by atoms with E-state index in [1.54, 1.807) is 35.2 Å². The highest BCUT2D eigenvalue weighted by Gasteiger charge is 2.21. The first-order valence-corrected chi connectivity index (χ1v) is 8.58. The number of rotatable bonds is 2. The Bertz CT molecular complexity index is 809. The van der Waals surface area contributed by atoms with Crippen LogP contribution in [0.5, 0.6) is 0 Å². The van der Waals surface area contributed by atoms with Gasteiger partial charge < -0.3 is 15.1 Å². The molecule has 2 amide bonds. The molecule has 7 heteroatoms. The van der Waals surface area contributed by atoms with Crippen LogP contribution < -0.4 is 10.2 Å². The van der Waals surface area contributed by atoms with Gasteiger partial charge in [-0.1, -0.05) is 23.2 Å². The number of piperazine rings is 1. The Hall–Kier alpha value is -2.42. The number of carbonyl (C=O) groups excluding carboxylic acids is 1. The molecule has 0 bridgehead atoms. The average molecular weight is 375 g/mol. The molecule has 2 aromatic carbocycles. The lowest BCUT2D eigenvalue weighted by atomic mass is 10.2. The van der Waals surface area contributed by atoms with Crippen molar-refractivity contribution < 1.29 is 4.79 Å². The molecule has 5 nitrogen and oxygen atoms in total. The first-order chi connectivity index (χ1) is 12.1. The van der Waals surface area contributed by atoms with Crippen molar-refractivity contribution >= 4 is 40.6 Å². The number of hydrogen-bond donors (Lipinski definition) is 1. The Kier molecular flexibility index (Phi) is 5.32. The van der Waals surface area contributed by atoms with Gasteiger partial charge >= 0.3 is 6.03 Å². The number of urea groups is 1. The maximum absolute atomic E-state index is 12.4. The number of nitriles is 1. The number of nitrogens with one attached hydrogen (secondary N) is 1. The Labute approximate surface area is 156 Å². The molecule has 128 valence electrons. The molecule has 0 saturated carbocycles. The fraction of sp³-hybridized carbons (Fsp3) is 0.222. The van der Waals surface area contributed by atoms with E-state index < -0.39 is 0 Å². The molecule has 1 heterocycles. The van der Waals surface area contributed by atoms with Crippen molar-refractivity contribution in [2.75, 3.05) is 36.4 Å². The van der Waals surface area contributed by atoms with Gasteiger partial charge in [0.15, 0.2) is 0 Å². The van der Waals surface area contributed by atoms with Gasteiger partial charge in [-0.05, 0) is 42.5 Å². The first kappa shape index (κ1) is 17.4. The van der Waals surface area contributed by atoms with Gasteiger partial charge in [-0.2, -0.15) is 5.26 Å². The molecule has 0 radical (unpaired) electrons. The Morgan fingerprint density at radius 1 is 1.00 bits per heavy atom. The summed E-state index contributed by atoms with van der Waals surface area (Å²) in [5, 5.41) is 12.7. The second-order valence-corrected chi connectivity index (χ2v) is 6.51. The monoisotopic (exact) mass is 374 g/mol. The molecule has 25 heavy (non-hydrogen) atoms. The quantitative estimate of drug-likeness (QED) is 0.855. The predicted molar refractivity (Wildman–Crippen MR) is 100 cm³/mol. The second kappa shape index (κ2) is 7.64. The van der Waals surface area contributed by atoms with E-state index >= 15 is 0 Å². The molecule has 1 saturated heterocycles. The summed E-state index contributed by atoms with van der Waals surface area (Å²) in [7, 11) is 0. The molecule has 1 fully saturated rings. The first-order valence-electron chi connectivity index (χ1n) is 7.83. The van der Waals surface area contributed by atoms with Crippen LogP contribution in [-0.2, 0) is 0 Å². The zero-order chi connectivity index (χ0) is 17.8. The third kappa shape index (κ3) is 4.16. The molecule has 3 rings (SSSR count). The predicted octanol–water partition coefficient (Wildman–Crippen LogP) is 4.22. The van der Waals surface area contributed by atoms with Crippen molar-refractivity contribution in [1.29, 1.82) is 5.26 Å². The summed E-state index contributed by atoms with van der Waals surface area (Å²) in [6.07, 6.45) is 0. The number of anilines is 2. The molecular formula is C18H16Cl2N4O. The highest BCUT2D eigenvalue weighted by atomic mass is 35.5. The van der Waals surface area contributed by atoms with Crippen LogP contribution in [0.15, 0.2) is 42.5 Å². The lowest BCUT2D eigenvalue weighted by Crippen LogP contribution is -2.50. The maximum atomic E-state index is 12.4. The third-order valence-corrected chi connectivity index (χ3v) is 4.84. The number of hydrogen-bond acceptors (Lipinski definition) is 3. The summed E-state index contributed by atoms with van der Waals surface area (Å²) < 4.78 is 0. The molecule has 0 aliphatic carbocycles. The molecule has 1 aliphatic heterocycles. The van der Waals surface area contributed by atoms with E-state index in [1.165, 1.54) is 0 Å². The lowest BCUT2D eigenvalue weighted by molar-refractivity contribution is 0.208. The highest BCUT2D eigenvalue weighted by molar-refractivity contribution is 6.42. The van der Waals surface area contributed by atoms with Crippen LogP contribution in [0.3, 0.4) is 0 Å². The minimum Gasteiger partial charge on any atom is -0.368 e. The van der Waals surface area contributed by atoms with Gasteiger partial charge in [0.1, 0.15) is 0 Å². The van der Waals surface area contributed by atoms with Gasteiger partial charge in [-0.3, -0.25) is 0 Å². The summed E-state index contributed by atoms with van der Waals surface area (Å²) in [6, 6.07) is 14.3. The average Bonchev–Trinajstić information content (AvgIpc) is 2.65. The topological polar surface area (TPSA) is 59.4 Å². The van der Waals surface area contributed by atoms with Crippen LogP contribution in [0.25, 0.3) is 0 Å². The normalized spacial score (nSPS) is 14.1. The Morgan fingerprint density at radius 3 is 2.28 bits per heavy atom. The molecule has 1 N–H and O–H groups in total. The van der Waals surface area contributed by atoms with Crippen LogP contribution in [0.4, 0.5) is 16.2 Å². The maximum Gasteiger partial charge on any atom is 0.321 e. The van der Waals surface area contributed by atoms with Gasteiger partial charge in [0.25, 0.3) is 0 Å². The van der Waals surface area contributed by atoms with Crippen molar-refractivity contribution in [3.05, 3.63) is 58.1 Å². The molecule has 0 atom stereocenters. The van der Waals surface area contributed by atoms with Crippen molar-refractivity contribution in [3.8, 4) is 6.07 Å². The van der Waals surface area contributed by atoms with E-state index in [0.717, 1.165) is 18.8 Å². The van der Waals surface area contributed by atoms with Crippen LogP contribution >= 0.6 is 23.2 Å². The van der Waals surface area contributed by atoms with Crippen molar-refractivity contribution in [1.82, 2.24) is 4.90 Å². The van der Waals surface area contributed by atoms with Crippen LogP contribution in [0, 0.1) is 11.3 Å². The summed E-state index contributed by atoms with van der Waals surface area (Å²) in [5.74, 6) is 0. The second-order valence-electron chi connectivity index (χ2n) is 5.69. The van der Waals surface area contributed by atoms with E-state index in [1.807, 2.05) is 12.1 Å². The van der Waals surface area contributed by atoms with E-state index in [-0.39, 0.29) is 6.03 Å². The fourth-order valence-electron chi connectivity index (χ4n) is 2.68. The highest BCUT2D eigenvalue weighted by Crippen LogP contribution is 2.27. The van der Waals surface area contributed by atoms with Gasteiger partial charge in [0, 0.05) is 37.6 Å². The van der Waals surface area contributed by atoms with Gasteiger partial charge in [0.05, 0.1) is 21.7 Å². The van der Waals surface area contributed by atoms with Crippen LogP contribution in [0.2, 0.25) is 10.0 Å².